The number of amides is 2. The van der Waals surface area contributed by atoms with Gasteiger partial charge >= 0.3 is 6.03 Å². The van der Waals surface area contributed by atoms with E-state index in [1.54, 1.807) is 24.3 Å². The number of urea groups is 1. The number of hydrogen-bond donors (Lipinski definition) is 3. The number of anilines is 1. The Kier molecular flexibility index (Phi) is 8.75. The lowest BCUT2D eigenvalue weighted by molar-refractivity contribution is 0.253. The van der Waals surface area contributed by atoms with Crippen LogP contribution in [-0.2, 0) is 0 Å². The van der Waals surface area contributed by atoms with Crippen LogP contribution in [-0.4, -0.2) is 33.3 Å². The zero-order valence-electron chi connectivity index (χ0n) is 19.1. The van der Waals surface area contributed by atoms with E-state index in [1.807, 2.05) is 6.08 Å². The van der Waals surface area contributed by atoms with Crippen molar-refractivity contribution in [1.82, 2.24) is 10.6 Å². The van der Waals surface area contributed by atoms with Crippen LogP contribution in [0.15, 0.2) is 72.8 Å². The zero-order valence-corrected chi connectivity index (χ0v) is 19.1. The SMILES string of the molecule is COc1cccc(OC)c1NC(=O)NCC#CC=CCN[C@H](C)c1cccc2ccccc12. The predicted octanol–water partition coefficient (Wildman–Crippen LogP) is 4.89. The third kappa shape index (κ3) is 6.52. The molecular weight excluding hydrogens is 414 g/mol. The third-order valence-corrected chi connectivity index (χ3v) is 5.14. The highest BCUT2D eigenvalue weighted by molar-refractivity contribution is 5.93. The zero-order chi connectivity index (χ0) is 23.5. The fourth-order valence-electron chi connectivity index (χ4n) is 3.47. The molecule has 6 heteroatoms. The van der Waals surface area contributed by atoms with Gasteiger partial charge in [0, 0.05) is 12.6 Å². The summed E-state index contributed by atoms with van der Waals surface area (Å²) in [6.45, 7) is 3.06. The molecule has 6 nitrogen and oxygen atoms in total. The van der Waals surface area contributed by atoms with Gasteiger partial charge in [-0.3, -0.25) is 0 Å². The molecule has 0 aliphatic heterocycles. The molecular formula is C27H29N3O3. The number of benzene rings is 3. The standard InChI is InChI=1S/C27H29N3O3/c1-20(22-15-10-13-21-12-6-7-14-23(21)22)28-18-8-4-5-9-19-29-27(31)30-26-24(32-2)16-11-17-25(26)33-3/h4,6-8,10-17,20,28H,18-19H2,1-3H3,(H2,29,30,31)/t20-/m1/s1. The van der Waals surface area contributed by atoms with Crippen LogP contribution in [0.4, 0.5) is 10.5 Å². The van der Waals surface area contributed by atoms with Crippen molar-refractivity contribution >= 4 is 22.5 Å². The summed E-state index contributed by atoms with van der Waals surface area (Å²) in [5.41, 5.74) is 1.74. The quantitative estimate of drug-likeness (QED) is 0.434. The summed E-state index contributed by atoms with van der Waals surface area (Å²) in [5, 5.41) is 11.4. The average Bonchev–Trinajstić information content (AvgIpc) is 2.85. The molecule has 3 N–H and O–H groups in total. The van der Waals surface area contributed by atoms with Crippen molar-refractivity contribution in [3.8, 4) is 23.3 Å². The average molecular weight is 444 g/mol. The van der Waals surface area contributed by atoms with E-state index in [0.717, 1.165) is 0 Å². The lowest BCUT2D eigenvalue weighted by Crippen LogP contribution is -2.29. The second-order valence-corrected chi connectivity index (χ2v) is 7.27. The van der Waals surface area contributed by atoms with Crippen molar-refractivity contribution in [2.45, 2.75) is 13.0 Å². The van der Waals surface area contributed by atoms with E-state index in [4.69, 9.17) is 9.47 Å². The van der Waals surface area contributed by atoms with Gasteiger partial charge in [-0.15, -0.1) is 0 Å². The molecule has 3 aromatic rings. The van der Waals surface area contributed by atoms with E-state index in [-0.39, 0.29) is 18.6 Å². The number of carbonyl (C=O) groups excluding carboxylic acids is 1. The number of nitrogens with one attached hydrogen (secondary N) is 3. The summed E-state index contributed by atoms with van der Waals surface area (Å²) in [6.07, 6.45) is 3.75. The Labute approximate surface area is 195 Å². The van der Waals surface area contributed by atoms with Crippen molar-refractivity contribution in [2.24, 2.45) is 0 Å². The summed E-state index contributed by atoms with van der Waals surface area (Å²) in [5.74, 6) is 6.87. The van der Waals surface area contributed by atoms with Crippen LogP contribution in [0, 0.1) is 11.8 Å². The molecule has 170 valence electrons. The van der Waals surface area contributed by atoms with Crippen LogP contribution < -0.4 is 25.4 Å². The number of rotatable bonds is 8. The monoisotopic (exact) mass is 443 g/mol. The van der Waals surface area contributed by atoms with Gasteiger partial charge < -0.3 is 25.4 Å². The summed E-state index contributed by atoms with van der Waals surface area (Å²) in [7, 11) is 3.07. The summed E-state index contributed by atoms with van der Waals surface area (Å²) in [4.78, 5) is 12.2. The Morgan fingerprint density at radius 1 is 1.00 bits per heavy atom. The molecule has 2 amide bonds. The molecule has 1 atom stereocenters. The summed E-state index contributed by atoms with van der Waals surface area (Å²) < 4.78 is 10.5. The third-order valence-electron chi connectivity index (χ3n) is 5.14. The number of hydrogen-bond acceptors (Lipinski definition) is 4. The molecule has 3 aromatic carbocycles. The van der Waals surface area contributed by atoms with Crippen molar-refractivity contribution in [2.75, 3.05) is 32.6 Å². The van der Waals surface area contributed by atoms with E-state index >= 15 is 0 Å². The minimum Gasteiger partial charge on any atom is -0.494 e. The molecule has 3 rings (SSSR count). The number of methoxy groups -OCH3 is 2. The van der Waals surface area contributed by atoms with E-state index in [0.29, 0.717) is 23.7 Å². The molecule has 0 aromatic heterocycles. The molecule has 0 fully saturated rings. The topological polar surface area (TPSA) is 71.6 Å². The Morgan fingerprint density at radius 2 is 1.70 bits per heavy atom. The van der Waals surface area contributed by atoms with E-state index in [9.17, 15) is 4.79 Å². The van der Waals surface area contributed by atoms with Crippen molar-refractivity contribution in [3.63, 3.8) is 0 Å². The van der Waals surface area contributed by atoms with E-state index in [1.165, 1.54) is 30.6 Å². The van der Waals surface area contributed by atoms with Gasteiger partial charge in [0.1, 0.15) is 17.2 Å². The first-order valence-corrected chi connectivity index (χ1v) is 10.7. The van der Waals surface area contributed by atoms with Crippen LogP contribution in [0.3, 0.4) is 0 Å². The van der Waals surface area contributed by atoms with Crippen LogP contribution >= 0.6 is 0 Å². The maximum absolute atomic E-state index is 12.2. The molecule has 0 radical (unpaired) electrons. The Hall–Kier alpha value is -3.95. The maximum Gasteiger partial charge on any atom is 0.320 e. The van der Waals surface area contributed by atoms with Crippen LogP contribution in [0.2, 0.25) is 0 Å². The number of fused-ring (bicyclic) bond motifs is 1. The Bertz CT molecular complexity index is 1150. The van der Waals surface area contributed by atoms with Crippen molar-refractivity contribution in [1.29, 1.82) is 0 Å². The molecule has 0 unspecified atom stereocenters. The predicted molar refractivity (Wildman–Crippen MR) is 134 cm³/mol. The number of para-hydroxylation sites is 1. The van der Waals surface area contributed by atoms with Gasteiger partial charge in [-0.2, -0.15) is 0 Å². The number of carbonyl (C=O) groups is 1. The molecule has 0 bridgehead atoms. The number of allylic oxidation sites excluding steroid dienone is 1. The molecule has 0 aliphatic rings. The molecule has 0 saturated heterocycles. The normalized spacial score (nSPS) is 11.5. The smallest absolute Gasteiger partial charge is 0.320 e. The van der Waals surface area contributed by atoms with Gasteiger partial charge in [-0.05, 0) is 41.5 Å². The van der Waals surface area contributed by atoms with Crippen LogP contribution in [0.25, 0.3) is 10.8 Å². The van der Waals surface area contributed by atoms with Gasteiger partial charge in [-0.25, -0.2) is 4.79 Å². The fourth-order valence-corrected chi connectivity index (χ4v) is 3.47. The van der Waals surface area contributed by atoms with Crippen molar-refractivity contribution < 1.29 is 14.3 Å². The molecule has 0 saturated carbocycles. The molecule has 0 heterocycles. The Balaban J connectivity index is 1.43. The van der Waals surface area contributed by atoms with E-state index in [2.05, 4.69) is 77.2 Å². The minimum absolute atomic E-state index is 0.214. The molecule has 0 spiro atoms. The lowest BCUT2D eigenvalue weighted by atomic mass is 10.00. The summed E-state index contributed by atoms with van der Waals surface area (Å²) in [6, 6.07) is 19.9. The van der Waals surface area contributed by atoms with Gasteiger partial charge in [0.2, 0.25) is 0 Å². The highest BCUT2D eigenvalue weighted by atomic mass is 16.5. The van der Waals surface area contributed by atoms with Gasteiger partial charge in [-0.1, -0.05) is 66.4 Å². The van der Waals surface area contributed by atoms with Crippen LogP contribution in [0.5, 0.6) is 11.5 Å². The lowest BCUT2D eigenvalue weighted by Gasteiger charge is -2.15. The molecule has 33 heavy (non-hydrogen) atoms. The van der Waals surface area contributed by atoms with E-state index < -0.39 is 0 Å². The van der Waals surface area contributed by atoms with Crippen LogP contribution in [0.1, 0.15) is 18.5 Å². The first-order chi connectivity index (χ1) is 16.1. The number of ether oxygens (including phenoxy) is 2. The summed E-state index contributed by atoms with van der Waals surface area (Å²) >= 11 is 0. The molecule has 0 aliphatic carbocycles. The highest BCUT2D eigenvalue weighted by Crippen LogP contribution is 2.33. The highest BCUT2D eigenvalue weighted by Gasteiger charge is 2.12. The largest absolute Gasteiger partial charge is 0.494 e. The minimum atomic E-state index is -0.387. The second kappa shape index (κ2) is 12.2. The first kappa shape index (κ1) is 23.7. The Morgan fingerprint density at radius 3 is 2.45 bits per heavy atom. The second-order valence-electron chi connectivity index (χ2n) is 7.27. The first-order valence-electron chi connectivity index (χ1n) is 10.7. The maximum atomic E-state index is 12.2. The van der Waals surface area contributed by atoms with Gasteiger partial charge in [0.05, 0.1) is 20.8 Å². The van der Waals surface area contributed by atoms with Gasteiger partial charge in [0.25, 0.3) is 0 Å². The van der Waals surface area contributed by atoms with Crippen molar-refractivity contribution in [3.05, 3.63) is 78.4 Å². The fraction of sp³-hybridized carbons (Fsp3) is 0.222. The van der Waals surface area contributed by atoms with Gasteiger partial charge in [0.15, 0.2) is 0 Å².